The minimum atomic E-state index is -3.46. The van der Waals surface area contributed by atoms with Crippen molar-refractivity contribution in [2.24, 2.45) is 5.92 Å². The van der Waals surface area contributed by atoms with Gasteiger partial charge in [0.05, 0.1) is 32.1 Å². The molecular weight excluding hydrogens is 608 g/mol. The van der Waals surface area contributed by atoms with Gasteiger partial charge in [-0.3, -0.25) is 14.4 Å². The van der Waals surface area contributed by atoms with Gasteiger partial charge in [0.25, 0.3) is 0 Å². The van der Waals surface area contributed by atoms with E-state index in [2.05, 4.69) is 37.0 Å². The second kappa shape index (κ2) is 19.5. The molecule has 2 rings (SSSR count). The number of carbonyl (C=O) groups excluding carboxylic acids is 3. The summed E-state index contributed by atoms with van der Waals surface area (Å²) in [6.45, 7) is 21.4. The molecule has 3 amide bonds. The Hall–Kier alpha value is -3.12. The first-order valence-corrected chi connectivity index (χ1v) is 18.2. The third kappa shape index (κ3) is 11.3. The van der Waals surface area contributed by atoms with Gasteiger partial charge in [-0.05, 0) is 38.5 Å². The van der Waals surface area contributed by atoms with Gasteiger partial charge in [0.2, 0.25) is 27.7 Å². The molecule has 2 heterocycles. The Morgan fingerprint density at radius 1 is 0.826 bits per heavy atom. The van der Waals surface area contributed by atoms with E-state index in [-0.39, 0.29) is 35.6 Å². The van der Waals surface area contributed by atoms with Crippen LogP contribution in [0.4, 0.5) is 0 Å². The summed E-state index contributed by atoms with van der Waals surface area (Å²) in [7, 11) is -0.275. The van der Waals surface area contributed by atoms with E-state index in [0.29, 0.717) is 48.8 Å². The minimum Gasteiger partial charge on any atom is -0.499 e. The van der Waals surface area contributed by atoms with Crippen molar-refractivity contribution >= 4 is 27.7 Å². The van der Waals surface area contributed by atoms with Crippen molar-refractivity contribution in [3.63, 3.8) is 0 Å². The van der Waals surface area contributed by atoms with Crippen LogP contribution < -0.4 is 10.0 Å². The maximum absolute atomic E-state index is 13.0. The van der Waals surface area contributed by atoms with E-state index >= 15 is 0 Å². The summed E-state index contributed by atoms with van der Waals surface area (Å²) in [6, 6.07) is -1.64. The number of methoxy groups -OCH3 is 2. The molecule has 0 aromatic heterocycles. The number of carbonyl (C=O) groups is 3. The van der Waals surface area contributed by atoms with Crippen LogP contribution in [-0.2, 0) is 33.9 Å². The third-order valence-corrected chi connectivity index (χ3v) is 9.23. The summed E-state index contributed by atoms with van der Waals surface area (Å²) in [6.07, 6.45) is 8.92. The zero-order valence-corrected chi connectivity index (χ0v) is 30.3. The van der Waals surface area contributed by atoms with Crippen LogP contribution in [0.2, 0.25) is 0 Å². The van der Waals surface area contributed by atoms with Gasteiger partial charge in [0.15, 0.2) is 0 Å². The average molecular weight is 667 g/mol. The van der Waals surface area contributed by atoms with E-state index in [4.69, 9.17) is 9.47 Å². The van der Waals surface area contributed by atoms with E-state index in [1.54, 1.807) is 43.9 Å². The lowest BCUT2D eigenvalue weighted by Crippen LogP contribution is -2.50. The Bertz CT molecular complexity index is 1240. The number of hydrogen-bond donors (Lipinski definition) is 2. The van der Waals surface area contributed by atoms with E-state index in [1.807, 2.05) is 26.8 Å². The van der Waals surface area contributed by atoms with Crippen molar-refractivity contribution in [1.29, 1.82) is 0 Å². The Morgan fingerprint density at radius 3 is 1.74 bits per heavy atom. The van der Waals surface area contributed by atoms with Crippen LogP contribution >= 0.6 is 0 Å². The lowest BCUT2D eigenvalue weighted by molar-refractivity contribution is -0.136. The summed E-state index contributed by atoms with van der Waals surface area (Å²) in [5, 5.41) is 2.84. The average Bonchev–Trinajstić information content (AvgIpc) is 3.50. The first-order valence-electron chi connectivity index (χ1n) is 16.5. The Morgan fingerprint density at radius 2 is 1.30 bits per heavy atom. The highest BCUT2D eigenvalue weighted by atomic mass is 32.2. The van der Waals surface area contributed by atoms with Crippen molar-refractivity contribution in [3.05, 3.63) is 48.2 Å². The highest BCUT2D eigenvalue weighted by molar-refractivity contribution is 7.89. The fourth-order valence-electron chi connectivity index (χ4n) is 5.51. The molecule has 0 saturated carbocycles. The lowest BCUT2D eigenvalue weighted by Gasteiger charge is -2.31. The second-order valence-electron chi connectivity index (χ2n) is 12.0. The fourth-order valence-corrected chi connectivity index (χ4v) is 6.33. The molecular formula is C34H58N4O7S. The normalized spacial score (nSPS) is 19.3. The molecule has 262 valence electrons. The highest BCUT2D eigenvalue weighted by Gasteiger charge is 2.39. The van der Waals surface area contributed by atoms with Gasteiger partial charge in [0.1, 0.15) is 23.6 Å². The monoisotopic (exact) mass is 666 g/mol. The van der Waals surface area contributed by atoms with E-state index in [9.17, 15) is 22.8 Å². The molecule has 0 radical (unpaired) electrons. The van der Waals surface area contributed by atoms with Gasteiger partial charge >= 0.3 is 0 Å². The summed E-state index contributed by atoms with van der Waals surface area (Å²) >= 11 is 0. The zero-order valence-electron chi connectivity index (χ0n) is 29.5. The molecule has 2 aliphatic heterocycles. The van der Waals surface area contributed by atoms with Gasteiger partial charge in [-0.1, -0.05) is 74.0 Å². The smallest absolute Gasteiger partial charge is 0.250 e. The SMILES string of the molecule is C=C1C=C(OC)C(CC(C)C)N1C(=O)C(CCC)NC(=O)CC.C=C1C=C(OC)[C@@H](CCC)N1C(=O)[C@@H](CCC)NS(=O)(=O)CC. The number of sulfonamides is 1. The molecule has 11 nitrogen and oxygen atoms in total. The Balaban J connectivity index is 0.000000460. The first-order chi connectivity index (χ1) is 21.7. The van der Waals surface area contributed by atoms with Crippen LogP contribution in [0.1, 0.15) is 99.8 Å². The second-order valence-corrected chi connectivity index (χ2v) is 14.0. The number of nitrogens with one attached hydrogen (secondary N) is 2. The van der Waals surface area contributed by atoms with E-state index in [0.717, 1.165) is 31.4 Å². The molecule has 2 N–H and O–H groups in total. The summed E-state index contributed by atoms with van der Waals surface area (Å²) in [5.41, 5.74) is 1.17. The topological polar surface area (TPSA) is 134 Å². The van der Waals surface area contributed by atoms with Crippen LogP contribution in [0.5, 0.6) is 0 Å². The van der Waals surface area contributed by atoms with Crippen molar-refractivity contribution in [2.75, 3.05) is 20.0 Å². The lowest BCUT2D eigenvalue weighted by atomic mass is 10.0. The largest absolute Gasteiger partial charge is 0.499 e. The molecule has 0 aromatic carbocycles. The van der Waals surface area contributed by atoms with Crippen molar-refractivity contribution in [1.82, 2.24) is 19.8 Å². The first kappa shape index (κ1) is 40.9. The zero-order chi connectivity index (χ0) is 35.2. The molecule has 12 heteroatoms. The van der Waals surface area contributed by atoms with Gasteiger partial charge < -0.3 is 24.6 Å². The maximum atomic E-state index is 13.0. The van der Waals surface area contributed by atoms with Crippen molar-refractivity contribution < 1.29 is 32.3 Å². The summed E-state index contributed by atoms with van der Waals surface area (Å²) in [5.74, 6) is 1.33. The van der Waals surface area contributed by atoms with Crippen molar-refractivity contribution in [2.45, 2.75) is 124 Å². The van der Waals surface area contributed by atoms with Crippen LogP contribution in [0, 0.1) is 5.92 Å². The standard InChI is InChI=1S/C18H30N2O3.C16H28N2O4S/c1-7-9-14(19-17(21)8-2)18(22)20-13(5)11-16(23-6)15(20)10-12(3)4;1-6-9-13(17-23(20,21)8-3)16(19)18-12(4)11-15(22-5)14(18)10-7-2/h11-12,14-15H,5,7-10H2,1-4,6H3,(H,19,21);11,13-14,17H,4,6-10H2,1-3,5H3/t;13-,14-/m.1/s1. The van der Waals surface area contributed by atoms with Gasteiger partial charge in [-0.25, -0.2) is 13.1 Å². The Kier molecular flexibility index (Phi) is 17.4. The molecule has 0 aromatic rings. The fraction of sp³-hybridized carbons (Fsp3) is 0.676. The van der Waals surface area contributed by atoms with Crippen molar-refractivity contribution in [3.8, 4) is 0 Å². The third-order valence-electron chi connectivity index (χ3n) is 7.83. The maximum Gasteiger partial charge on any atom is 0.250 e. The van der Waals surface area contributed by atoms with Crippen LogP contribution in [0.25, 0.3) is 0 Å². The molecule has 0 spiro atoms. The molecule has 2 unspecified atom stereocenters. The number of amides is 3. The number of hydrogen-bond acceptors (Lipinski definition) is 7. The summed E-state index contributed by atoms with van der Waals surface area (Å²) in [4.78, 5) is 40.9. The molecule has 0 aliphatic carbocycles. The predicted octanol–water partition coefficient (Wildman–Crippen LogP) is 5.13. The minimum absolute atomic E-state index is 0.0542. The quantitative estimate of drug-likeness (QED) is 0.220. The van der Waals surface area contributed by atoms with Gasteiger partial charge in [0, 0.05) is 30.0 Å². The predicted molar refractivity (Wildman–Crippen MR) is 183 cm³/mol. The van der Waals surface area contributed by atoms with E-state index < -0.39 is 22.1 Å². The molecule has 0 saturated heterocycles. The molecule has 46 heavy (non-hydrogen) atoms. The highest BCUT2D eigenvalue weighted by Crippen LogP contribution is 2.32. The number of ether oxygens (including phenoxy) is 2. The molecule has 0 bridgehead atoms. The molecule has 2 aliphatic rings. The Labute approximate surface area is 277 Å². The van der Waals surface area contributed by atoms with Gasteiger partial charge in [-0.15, -0.1) is 0 Å². The van der Waals surface area contributed by atoms with Crippen LogP contribution in [0.3, 0.4) is 0 Å². The number of nitrogens with zero attached hydrogens (tertiary/aromatic N) is 2. The number of rotatable bonds is 17. The van der Waals surface area contributed by atoms with Gasteiger partial charge in [-0.2, -0.15) is 0 Å². The van der Waals surface area contributed by atoms with Crippen LogP contribution in [-0.4, -0.2) is 80.1 Å². The number of allylic oxidation sites excluding steroid dienone is 2. The van der Waals surface area contributed by atoms with Crippen LogP contribution in [0.15, 0.2) is 48.2 Å². The summed E-state index contributed by atoms with van der Waals surface area (Å²) < 4.78 is 37.0. The molecule has 0 fully saturated rings. The molecule has 4 atom stereocenters. The van der Waals surface area contributed by atoms with E-state index in [1.165, 1.54) is 0 Å².